The third-order valence-corrected chi connectivity index (χ3v) is 3.36. The quantitative estimate of drug-likeness (QED) is 0.766. The van der Waals surface area contributed by atoms with Crippen LogP contribution < -0.4 is 4.74 Å². The molecule has 1 aromatic heterocycles. The van der Waals surface area contributed by atoms with Gasteiger partial charge in [-0.1, -0.05) is 13.0 Å². The van der Waals surface area contributed by atoms with E-state index < -0.39 is 0 Å². The van der Waals surface area contributed by atoms with Gasteiger partial charge in [-0.15, -0.1) is 11.6 Å². The highest BCUT2D eigenvalue weighted by Gasteiger charge is 2.22. The fourth-order valence-corrected chi connectivity index (χ4v) is 2.62. The molecule has 0 atom stereocenters. The van der Waals surface area contributed by atoms with Crippen LogP contribution in [0.5, 0.6) is 5.75 Å². The number of benzene rings is 1. The minimum atomic E-state index is -0.0283. The maximum Gasteiger partial charge on any atom is 0.147 e. The average Bonchev–Trinajstić information content (AvgIpc) is 2.75. The van der Waals surface area contributed by atoms with Crippen LogP contribution in [0.15, 0.2) is 18.2 Å². The number of aryl methyl sites for hydroxylation is 1. The molecule has 0 N–H and O–H groups in total. The number of hydrogen-bond acceptors (Lipinski definition) is 2. The minimum absolute atomic E-state index is 0.0283. The van der Waals surface area contributed by atoms with Gasteiger partial charge in [0.1, 0.15) is 17.1 Å². The molecule has 110 valence electrons. The van der Waals surface area contributed by atoms with E-state index in [0.29, 0.717) is 12.5 Å². The van der Waals surface area contributed by atoms with Crippen molar-refractivity contribution < 1.29 is 4.74 Å². The van der Waals surface area contributed by atoms with E-state index in [0.717, 1.165) is 35.4 Å². The van der Waals surface area contributed by atoms with Gasteiger partial charge in [-0.25, -0.2) is 4.98 Å². The Morgan fingerprint density at radius 2 is 2.05 bits per heavy atom. The van der Waals surface area contributed by atoms with E-state index in [1.165, 1.54) is 0 Å². The van der Waals surface area contributed by atoms with Crippen LogP contribution in [0.2, 0.25) is 0 Å². The Morgan fingerprint density at radius 3 is 2.65 bits per heavy atom. The van der Waals surface area contributed by atoms with Crippen molar-refractivity contribution in [1.29, 1.82) is 0 Å². The predicted molar refractivity (Wildman–Crippen MR) is 84.9 cm³/mol. The van der Waals surface area contributed by atoms with Crippen LogP contribution in [-0.4, -0.2) is 22.0 Å². The number of imidazole rings is 1. The smallest absolute Gasteiger partial charge is 0.147 e. The molecule has 2 rings (SSSR count). The maximum atomic E-state index is 5.92. The molecule has 4 heteroatoms. The molecular weight excluding hydrogens is 272 g/mol. The van der Waals surface area contributed by atoms with E-state index >= 15 is 0 Å². The topological polar surface area (TPSA) is 27.1 Å². The van der Waals surface area contributed by atoms with Crippen LogP contribution in [0.3, 0.4) is 0 Å². The standard InChI is InChI=1S/C16H23ClN2O/c1-5-11-20-13-8-6-7-12-15(13)18-14(9-10-17)19(12)16(2,3)4/h6-8H,5,9-11H2,1-4H3. The highest BCUT2D eigenvalue weighted by molar-refractivity contribution is 6.17. The zero-order valence-electron chi connectivity index (χ0n) is 12.7. The number of ether oxygens (including phenoxy) is 1. The summed E-state index contributed by atoms with van der Waals surface area (Å²) in [5, 5.41) is 0. The van der Waals surface area contributed by atoms with Crippen LogP contribution in [0, 0.1) is 0 Å². The van der Waals surface area contributed by atoms with Crippen LogP contribution in [0.1, 0.15) is 39.9 Å². The van der Waals surface area contributed by atoms with Gasteiger partial charge in [-0.2, -0.15) is 0 Å². The van der Waals surface area contributed by atoms with Crippen molar-refractivity contribution in [2.45, 2.75) is 46.1 Å². The van der Waals surface area contributed by atoms with Gasteiger partial charge in [0.05, 0.1) is 12.1 Å². The Bertz CT molecular complexity index is 584. The van der Waals surface area contributed by atoms with Crippen molar-refractivity contribution >= 4 is 22.6 Å². The Hall–Kier alpha value is -1.22. The van der Waals surface area contributed by atoms with E-state index in [9.17, 15) is 0 Å². The minimum Gasteiger partial charge on any atom is -0.491 e. The van der Waals surface area contributed by atoms with Crippen molar-refractivity contribution in [3.05, 3.63) is 24.0 Å². The fourth-order valence-electron chi connectivity index (χ4n) is 2.45. The van der Waals surface area contributed by atoms with E-state index in [2.05, 4.69) is 38.3 Å². The Kier molecular flexibility index (Phi) is 4.59. The Balaban J connectivity index is 2.61. The molecule has 0 spiro atoms. The molecule has 0 saturated heterocycles. The second-order valence-corrected chi connectivity index (χ2v) is 6.32. The number of alkyl halides is 1. The van der Waals surface area contributed by atoms with Gasteiger partial charge in [0.25, 0.3) is 0 Å². The first-order valence-corrected chi connectivity index (χ1v) is 7.72. The molecule has 0 fully saturated rings. The van der Waals surface area contributed by atoms with Crippen LogP contribution in [-0.2, 0) is 12.0 Å². The molecule has 0 aliphatic heterocycles. The van der Waals surface area contributed by atoms with Gasteiger partial charge in [0, 0.05) is 17.8 Å². The van der Waals surface area contributed by atoms with E-state index in [4.69, 9.17) is 21.3 Å². The maximum absolute atomic E-state index is 5.92. The summed E-state index contributed by atoms with van der Waals surface area (Å²) < 4.78 is 8.09. The predicted octanol–water partition coefficient (Wildman–Crippen LogP) is 4.36. The van der Waals surface area contributed by atoms with Gasteiger partial charge in [0.2, 0.25) is 0 Å². The fraction of sp³-hybridized carbons (Fsp3) is 0.562. The summed E-state index contributed by atoms with van der Waals surface area (Å²) >= 11 is 5.92. The van der Waals surface area contributed by atoms with Crippen molar-refractivity contribution in [2.24, 2.45) is 0 Å². The molecule has 1 aromatic carbocycles. The summed E-state index contributed by atoms with van der Waals surface area (Å²) in [5.41, 5.74) is 2.03. The summed E-state index contributed by atoms with van der Waals surface area (Å²) in [6, 6.07) is 6.12. The first-order valence-electron chi connectivity index (χ1n) is 7.18. The summed E-state index contributed by atoms with van der Waals surface area (Å²) in [4.78, 5) is 4.78. The van der Waals surface area contributed by atoms with E-state index in [1.54, 1.807) is 0 Å². The van der Waals surface area contributed by atoms with Crippen LogP contribution >= 0.6 is 11.6 Å². The van der Waals surface area contributed by atoms with Crippen molar-refractivity contribution in [3.8, 4) is 5.75 Å². The average molecular weight is 295 g/mol. The lowest BCUT2D eigenvalue weighted by atomic mass is 10.1. The van der Waals surface area contributed by atoms with Gasteiger partial charge < -0.3 is 9.30 Å². The SMILES string of the molecule is CCCOc1cccc2c1nc(CCCl)n2C(C)(C)C. The van der Waals surface area contributed by atoms with Gasteiger partial charge in [-0.3, -0.25) is 0 Å². The highest BCUT2D eigenvalue weighted by atomic mass is 35.5. The second-order valence-electron chi connectivity index (χ2n) is 5.95. The normalized spacial score (nSPS) is 12.1. The number of halogens is 1. The molecule has 2 aromatic rings. The first-order chi connectivity index (χ1) is 9.49. The molecule has 0 saturated carbocycles. The zero-order valence-corrected chi connectivity index (χ0v) is 13.5. The summed E-state index contributed by atoms with van der Waals surface area (Å²) in [6.45, 7) is 9.38. The van der Waals surface area contributed by atoms with Crippen molar-refractivity contribution in [3.63, 3.8) is 0 Å². The number of para-hydroxylation sites is 1. The Morgan fingerprint density at radius 1 is 1.30 bits per heavy atom. The molecule has 0 amide bonds. The monoisotopic (exact) mass is 294 g/mol. The van der Waals surface area contributed by atoms with Gasteiger partial charge in [-0.05, 0) is 39.3 Å². The summed E-state index contributed by atoms with van der Waals surface area (Å²) in [7, 11) is 0. The van der Waals surface area contributed by atoms with Crippen molar-refractivity contribution in [2.75, 3.05) is 12.5 Å². The molecule has 0 aliphatic rings. The zero-order chi connectivity index (χ0) is 14.8. The Labute approximate surface area is 125 Å². The van der Waals surface area contributed by atoms with E-state index in [1.807, 2.05) is 12.1 Å². The molecule has 0 aliphatic carbocycles. The third-order valence-electron chi connectivity index (χ3n) is 3.17. The van der Waals surface area contributed by atoms with Gasteiger partial charge >= 0.3 is 0 Å². The molecular formula is C16H23ClN2O. The number of hydrogen-bond donors (Lipinski definition) is 0. The molecule has 1 heterocycles. The first kappa shape index (κ1) is 15.2. The van der Waals surface area contributed by atoms with Gasteiger partial charge in [0.15, 0.2) is 0 Å². The second kappa shape index (κ2) is 6.04. The summed E-state index contributed by atoms with van der Waals surface area (Å²) in [6.07, 6.45) is 1.76. The summed E-state index contributed by atoms with van der Waals surface area (Å²) in [5.74, 6) is 2.46. The molecule has 3 nitrogen and oxygen atoms in total. The number of rotatable bonds is 5. The molecule has 0 unspecified atom stereocenters. The van der Waals surface area contributed by atoms with Crippen molar-refractivity contribution in [1.82, 2.24) is 9.55 Å². The molecule has 20 heavy (non-hydrogen) atoms. The molecule has 0 bridgehead atoms. The lowest BCUT2D eigenvalue weighted by Crippen LogP contribution is -2.24. The lowest BCUT2D eigenvalue weighted by molar-refractivity contribution is 0.320. The lowest BCUT2D eigenvalue weighted by Gasteiger charge is -2.24. The number of nitrogens with zero attached hydrogens (tertiary/aromatic N) is 2. The number of aromatic nitrogens is 2. The number of fused-ring (bicyclic) bond motifs is 1. The largest absolute Gasteiger partial charge is 0.491 e. The van der Waals surface area contributed by atoms with Crippen LogP contribution in [0.4, 0.5) is 0 Å². The molecule has 0 radical (unpaired) electrons. The highest BCUT2D eigenvalue weighted by Crippen LogP contribution is 2.31. The van der Waals surface area contributed by atoms with Crippen LogP contribution in [0.25, 0.3) is 11.0 Å². The van der Waals surface area contributed by atoms with E-state index in [-0.39, 0.29) is 5.54 Å². The third kappa shape index (κ3) is 2.93.